The van der Waals surface area contributed by atoms with Crippen LogP contribution in [-0.4, -0.2) is 15.0 Å². The van der Waals surface area contributed by atoms with Crippen molar-refractivity contribution in [3.05, 3.63) is 76.1 Å². The van der Waals surface area contributed by atoms with E-state index in [4.69, 9.17) is 0 Å². The van der Waals surface area contributed by atoms with Gasteiger partial charge < -0.3 is 10.4 Å². The van der Waals surface area contributed by atoms with Gasteiger partial charge in [-0.1, -0.05) is 24.3 Å². The Kier molecular flexibility index (Phi) is 4.39. The number of non-ortho nitro benzene ring substituents is 1. The molecule has 1 atom stereocenters. The number of hydrogen-bond donors (Lipinski definition) is 2. The van der Waals surface area contributed by atoms with E-state index in [1.54, 1.807) is 25.3 Å². The molecule has 0 radical (unpaired) electrons. The molecule has 1 heterocycles. The molecule has 122 valence electrons. The van der Waals surface area contributed by atoms with Crippen molar-refractivity contribution in [2.75, 3.05) is 5.32 Å². The highest BCUT2D eigenvalue weighted by molar-refractivity contribution is 5.99. The second-order valence-electron chi connectivity index (χ2n) is 5.58. The first-order chi connectivity index (χ1) is 11.6. The summed E-state index contributed by atoms with van der Waals surface area (Å²) in [5.74, 6) is 0. The fraction of sp³-hybridized carbons (Fsp3) is 0.167. The normalized spacial score (nSPS) is 12.1. The van der Waals surface area contributed by atoms with Gasteiger partial charge in [-0.3, -0.25) is 15.1 Å². The van der Waals surface area contributed by atoms with Crippen LogP contribution in [0, 0.1) is 10.1 Å². The predicted molar refractivity (Wildman–Crippen MR) is 92.8 cm³/mol. The van der Waals surface area contributed by atoms with E-state index in [0.29, 0.717) is 11.9 Å². The summed E-state index contributed by atoms with van der Waals surface area (Å²) in [5.41, 5.74) is 2.79. The van der Waals surface area contributed by atoms with E-state index in [0.717, 1.165) is 22.2 Å². The highest BCUT2D eigenvalue weighted by atomic mass is 16.6. The quantitative estimate of drug-likeness (QED) is 0.550. The number of benzene rings is 2. The number of aliphatic hydroxyl groups is 1. The van der Waals surface area contributed by atoms with Crippen molar-refractivity contribution in [2.45, 2.75) is 19.6 Å². The van der Waals surface area contributed by atoms with Crippen molar-refractivity contribution in [1.82, 2.24) is 4.98 Å². The minimum atomic E-state index is -0.488. The van der Waals surface area contributed by atoms with E-state index in [1.807, 2.05) is 24.3 Å². The molecule has 6 nitrogen and oxygen atoms in total. The largest absolute Gasteiger partial charge is 0.389 e. The van der Waals surface area contributed by atoms with E-state index in [-0.39, 0.29) is 5.69 Å². The van der Waals surface area contributed by atoms with Crippen molar-refractivity contribution in [1.29, 1.82) is 0 Å². The molecule has 0 amide bonds. The monoisotopic (exact) mass is 323 g/mol. The zero-order chi connectivity index (χ0) is 17.1. The third kappa shape index (κ3) is 3.18. The molecule has 24 heavy (non-hydrogen) atoms. The molecule has 2 N–H and O–H groups in total. The van der Waals surface area contributed by atoms with Gasteiger partial charge in [0.2, 0.25) is 0 Å². The maximum absolute atomic E-state index is 11.1. The Morgan fingerprint density at radius 2 is 1.92 bits per heavy atom. The number of pyridine rings is 1. The number of rotatable bonds is 5. The number of aliphatic hydroxyl groups excluding tert-OH is 1. The van der Waals surface area contributed by atoms with Crippen LogP contribution in [0.1, 0.15) is 24.2 Å². The summed E-state index contributed by atoms with van der Waals surface area (Å²) in [4.78, 5) is 14.7. The first kappa shape index (κ1) is 15.9. The Morgan fingerprint density at radius 1 is 1.17 bits per heavy atom. The lowest BCUT2D eigenvalue weighted by molar-refractivity contribution is -0.383. The number of nitrogens with zero attached hydrogens (tertiary/aromatic N) is 2. The highest BCUT2D eigenvalue weighted by Gasteiger charge is 2.14. The third-order valence-electron chi connectivity index (χ3n) is 3.94. The lowest BCUT2D eigenvalue weighted by Gasteiger charge is -2.11. The van der Waals surface area contributed by atoms with Crippen LogP contribution in [0.5, 0.6) is 0 Å². The second kappa shape index (κ2) is 6.64. The van der Waals surface area contributed by atoms with Crippen LogP contribution in [0.3, 0.4) is 0 Å². The van der Waals surface area contributed by atoms with Crippen molar-refractivity contribution >= 4 is 22.1 Å². The molecular formula is C18H17N3O3. The van der Waals surface area contributed by atoms with E-state index in [2.05, 4.69) is 10.3 Å². The fourth-order valence-electron chi connectivity index (χ4n) is 2.60. The van der Waals surface area contributed by atoms with Crippen molar-refractivity contribution < 1.29 is 10.0 Å². The molecule has 0 spiro atoms. The number of aromatic nitrogens is 1. The van der Waals surface area contributed by atoms with Gasteiger partial charge in [0.15, 0.2) is 0 Å². The molecule has 0 aliphatic carbocycles. The number of anilines is 1. The standard InChI is InChI=1S/C18H17N3O3/c1-12(22)14-4-2-13(3-5-14)10-20-17-6-7-18(21(23)24)16-11-19-9-8-15(16)17/h2-9,11-12,20,22H,10H2,1H3/t12-/m1/s1. The first-order valence-electron chi connectivity index (χ1n) is 7.58. The van der Waals surface area contributed by atoms with Crippen LogP contribution >= 0.6 is 0 Å². The minimum absolute atomic E-state index is 0.0462. The maximum Gasteiger partial charge on any atom is 0.278 e. The predicted octanol–water partition coefficient (Wildman–Crippen LogP) is 3.81. The van der Waals surface area contributed by atoms with E-state index in [9.17, 15) is 15.2 Å². The van der Waals surface area contributed by atoms with Gasteiger partial charge in [-0.15, -0.1) is 0 Å². The molecule has 0 saturated heterocycles. The minimum Gasteiger partial charge on any atom is -0.389 e. The Bertz CT molecular complexity index is 876. The fourth-order valence-corrected chi connectivity index (χ4v) is 2.60. The maximum atomic E-state index is 11.1. The summed E-state index contributed by atoms with van der Waals surface area (Å²) in [7, 11) is 0. The van der Waals surface area contributed by atoms with Gasteiger partial charge in [-0.25, -0.2) is 0 Å². The molecule has 0 bridgehead atoms. The average Bonchev–Trinajstić information content (AvgIpc) is 2.59. The van der Waals surface area contributed by atoms with E-state index in [1.165, 1.54) is 12.3 Å². The Labute approximate surface area is 138 Å². The molecule has 0 unspecified atom stereocenters. The number of hydrogen-bond acceptors (Lipinski definition) is 5. The van der Waals surface area contributed by atoms with Crippen LogP contribution in [0.25, 0.3) is 10.8 Å². The second-order valence-corrected chi connectivity index (χ2v) is 5.58. The third-order valence-corrected chi connectivity index (χ3v) is 3.94. The topological polar surface area (TPSA) is 88.3 Å². The van der Waals surface area contributed by atoms with Crippen molar-refractivity contribution in [2.24, 2.45) is 0 Å². The van der Waals surface area contributed by atoms with Gasteiger partial charge >= 0.3 is 0 Å². The number of nitrogens with one attached hydrogen (secondary N) is 1. The lowest BCUT2D eigenvalue weighted by Crippen LogP contribution is -2.01. The molecule has 6 heteroatoms. The zero-order valence-corrected chi connectivity index (χ0v) is 13.1. The van der Waals surface area contributed by atoms with Crippen LogP contribution in [0.4, 0.5) is 11.4 Å². The molecule has 0 saturated carbocycles. The average molecular weight is 323 g/mol. The van der Waals surface area contributed by atoms with Crippen LogP contribution in [0.2, 0.25) is 0 Å². The molecule has 0 fully saturated rings. The van der Waals surface area contributed by atoms with Crippen LogP contribution in [-0.2, 0) is 6.54 Å². The molecule has 3 aromatic rings. The summed E-state index contributed by atoms with van der Waals surface area (Å²) < 4.78 is 0. The van der Waals surface area contributed by atoms with Gasteiger partial charge in [-0.05, 0) is 30.2 Å². The Morgan fingerprint density at radius 3 is 2.58 bits per heavy atom. The molecule has 0 aliphatic rings. The smallest absolute Gasteiger partial charge is 0.278 e. The summed E-state index contributed by atoms with van der Waals surface area (Å²) in [5, 5.41) is 25.2. The summed E-state index contributed by atoms with van der Waals surface area (Å²) >= 11 is 0. The Hall–Kier alpha value is -2.99. The summed E-state index contributed by atoms with van der Waals surface area (Å²) in [6, 6.07) is 12.6. The Balaban J connectivity index is 1.85. The first-order valence-corrected chi connectivity index (χ1v) is 7.58. The molecule has 3 rings (SSSR count). The van der Waals surface area contributed by atoms with Gasteiger partial charge in [0.1, 0.15) is 0 Å². The molecule has 1 aromatic heterocycles. The number of nitro benzene ring substituents is 1. The van der Waals surface area contributed by atoms with Gasteiger partial charge in [-0.2, -0.15) is 0 Å². The molecule has 2 aromatic carbocycles. The zero-order valence-electron chi connectivity index (χ0n) is 13.1. The number of fused-ring (bicyclic) bond motifs is 1. The van der Waals surface area contributed by atoms with Gasteiger partial charge in [0, 0.05) is 36.1 Å². The van der Waals surface area contributed by atoms with Gasteiger partial charge in [0.05, 0.1) is 16.4 Å². The van der Waals surface area contributed by atoms with Crippen LogP contribution in [0.15, 0.2) is 54.9 Å². The lowest BCUT2D eigenvalue weighted by atomic mass is 10.1. The van der Waals surface area contributed by atoms with E-state index < -0.39 is 11.0 Å². The SMILES string of the molecule is C[C@@H](O)c1ccc(CNc2ccc([N+](=O)[O-])c3cnccc23)cc1. The van der Waals surface area contributed by atoms with Crippen LogP contribution < -0.4 is 5.32 Å². The number of nitro groups is 1. The summed E-state index contributed by atoms with van der Waals surface area (Å²) in [6.07, 6.45) is 2.64. The van der Waals surface area contributed by atoms with Crippen molar-refractivity contribution in [3.63, 3.8) is 0 Å². The van der Waals surface area contributed by atoms with Crippen molar-refractivity contribution in [3.8, 4) is 0 Å². The molecule has 0 aliphatic heterocycles. The summed E-state index contributed by atoms with van der Waals surface area (Å²) in [6.45, 7) is 2.31. The van der Waals surface area contributed by atoms with Gasteiger partial charge in [0.25, 0.3) is 5.69 Å². The van der Waals surface area contributed by atoms with E-state index >= 15 is 0 Å². The molecular weight excluding hydrogens is 306 g/mol. The highest BCUT2D eigenvalue weighted by Crippen LogP contribution is 2.30.